The van der Waals surface area contributed by atoms with Crippen LogP contribution >= 0.6 is 0 Å². The summed E-state index contributed by atoms with van der Waals surface area (Å²) in [5.74, 6) is -2.74. The number of aromatic amines is 1. The third-order valence-corrected chi connectivity index (χ3v) is 5.65. The van der Waals surface area contributed by atoms with Crippen molar-refractivity contribution < 1.29 is 28.7 Å². The molecule has 1 saturated heterocycles. The van der Waals surface area contributed by atoms with Crippen molar-refractivity contribution in [2.45, 2.75) is 46.5 Å². The van der Waals surface area contributed by atoms with Gasteiger partial charge in [-0.1, -0.05) is 12.8 Å². The second-order valence-corrected chi connectivity index (χ2v) is 7.53. The van der Waals surface area contributed by atoms with E-state index in [1.807, 2.05) is 0 Å². The van der Waals surface area contributed by atoms with E-state index in [1.165, 1.54) is 6.92 Å². The van der Waals surface area contributed by atoms with Crippen LogP contribution in [0.5, 0.6) is 0 Å². The van der Waals surface area contributed by atoms with Crippen LogP contribution in [0.3, 0.4) is 0 Å². The van der Waals surface area contributed by atoms with Gasteiger partial charge >= 0.3 is 5.97 Å². The van der Waals surface area contributed by atoms with Crippen LogP contribution in [0.1, 0.15) is 64.7 Å². The van der Waals surface area contributed by atoms with E-state index in [2.05, 4.69) is 4.98 Å². The molecule has 2 fully saturated rings. The van der Waals surface area contributed by atoms with Gasteiger partial charge in [-0.15, -0.1) is 0 Å². The van der Waals surface area contributed by atoms with Gasteiger partial charge in [0.1, 0.15) is 6.54 Å². The maximum absolute atomic E-state index is 12.4. The number of ether oxygens (including phenoxy) is 1. The highest BCUT2D eigenvalue weighted by Gasteiger charge is 2.48. The molecule has 1 saturated carbocycles. The number of nitrogens with zero attached hydrogens (tertiary/aromatic N) is 1. The molecule has 150 valence electrons. The van der Waals surface area contributed by atoms with Crippen LogP contribution in [0.15, 0.2) is 0 Å². The number of esters is 1. The Balaban J connectivity index is 1.60. The van der Waals surface area contributed by atoms with Gasteiger partial charge in [0.2, 0.25) is 17.6 Å². The topological polar surface area (TPSA) is 114 Å². The van der Waals surface area contributed by atoms with Crippen molar-refractivity contribution in [2.75, 3.05) is 13.2 Å². The molecule has 1 aliphatic carbocycles. The predicted octanol–water partition coefficient (Wildman–Crippen LogP) is 1.74. The SMILES string of the molecule is CC(=O)c1c(C)[nH]c(C(=O)COC(=O)CN2C(=O)[C@@H]3CCCC[C@H]3C2=O)c1C. The number of imide groups is 1. The fraction of sp³-hybridized carbons (Fsp3) is 0.550. The maximum atomic E-state index is 12.4. The summed E-state index contributed by atoms with van der Waals surface area (Å²) in [6.45, 7) is 3.76. The van der Waals surface area contributed by atoms with Gasteiger partial charge in [-0.2, -0.15) is 0 Å². The van der Waals surface area contributed by atoms with E-state index in [4.69, 9.17) is 4.74 Å². The van der Waals surface area contributed by atoms with Crippen molar-refractivity contribution in [1.29, 1.82) is 0 Å². The Hall–Kier alpha value is -2.77. The maximum Gasteiger partial charge on any atom is 0.326 e. The molecule has 2 heterocycles. The summed E-state index contributed by atoms with van der Waals surface area (Å²) in [6.07, 6.45) is 3.15. The van der Waals surface area contributed by atoms with Crippen molar-refractivity contribution in [2.24, 2.45) is 11.8 Å². The molecular weight excluding hydrogens is 364 g/mol. The van der Waals surface area contributed by atoms with Crippen molar-refractivity contribution in [1.82, 2.24) is 9.88 Å². The van der Waals surface area contributed by atoms with Gasteiger partial charge in [-0.05, 0) is 39.2 Å². The Morgan fingerprint density at radius 2 is 1.64 bits per heavy atom. The van der Waals surface area contributed by atoms with Gasteiger partial charge in [0.25, 0.3) is 0 Å². The van der Waals surface area contributed by atoms with E-state index in [9.17, 15) is 24.0 Å². The van der Waals surface area contributed by atoms with E-state index in [0.717, 1.165) is 17.7 Å². The third-order valence-electron chi connectivity index (χ3n) is 5.65. The van der Waals surface area contributed by atoms with Crippen LogP contribution in [-0.4, -0.2) is 52.4 Å². The van der Waals surface area contributed by atoms with Crippen molar-refractivity contribution in [3.8, 4) is 0 Å². The van der Waals surface area contributed by atoms with Crippen LogP contribution in [0.25, 0.3) is 0 Å². The highest BCUT2D eigenvalue weighted by Crippen LogP contribution is 2.37. The normalized spacial score (nSPS) is 21.6. The second-order valence-electron chi connectivity index (χ2n) is 7.53. The standard InChI is InChI=1S/C20H24N2O6/c1-10-17(12(3)23)11(2)21-18(10)15(24)9-28-16(25)8-22-19(26)13-6-4-5-7-14(13)20(22)27/h13-14,21H,4-9H2,1-3H3/t13-,14-/m1/s1. The Morgan fingerprint density at radius 1 is 1.07 bits per heavy atom. The highest BCUT2D eigenvalue weighted by atomic mass is 16.5. The number of ketones is 2. The number of nitrogens with one attached hydrogen (secondary N) is 1. The number of likely N-dealkylation sites (tertiary alicyclic amines) is 1. The lowest BCUT2D eigenvalue weighted by Crippen LogP contribution is -2.37. The molecule has 2 atom stereocenters. The molecule has 28 heavy (non-hydrogen) atoms. The minimum atomic E-state index is -0.804. The monoisotopic (exact) mass is 388 g/mol. The predicted molar refractivity (Wildman–Crippen MR) is 97.7 cm³/mol. The number of aryl methyl sites for hydroxylation is 1. The number of Topliss-reactive ketones (excluding diaryl/α,β-unsaturated/α-hetero) is 2. The summed E-state index contributed by atoms with van der Waals surface area (Å²) >= 11 is 0. The second kappa shape index (κ2) is 7.69. The zero-order chi connectivity index (χ0) is 20.6. The zero-order valence-corrected chi connectivity index (χ0v) is 16.3. The van der Waals surface area contributed by atoms with Crippen molar-refractivity contribution in [3.63, 3.8) is 0 Å². The van der Waals surface area contributed by atoms with Crippen molar-refractivity contribution in [3.05, 3.63) is 22.5 Å². The van der Waals surface area contributed by atoms with Crippen LogP contribution in [0, 0.1) is 25.7 Å². The van der Waals surface area contributed by atoms with Crippen LogP contribution < -0.4 is 0 Å². The lowest BCUT2D eigenvalue weighted by atomic mass is 9.81. The van der Waals surface area contributed by atoms with Crippen molar-refractivity contribution >= 4 is 29.4 Å². The average molecular weight is 388 g/mol. The van der Waals surface area contributed by atoms with Gasteiger partial charge in [0.05, 0.1) is 17.5 Å². The molecule has 2 aliphatic rings. The molecule has 2 amide bonds. The first-order valence-corrected chi connectivity index (χ1v) is 9.46. The molecule has 1 N–H and O–H groups in total. The molecule has 0 bridgehead atoms. The van der Waals surface area contributed by atoms with Crippen LogP contribution in [0.2, 0.25) is 0 Å². The molecule has 8 heteroatoms. The summed E-state index contributed by atoms with van der Waals surface area (Å²) in [6, 6.07) is 0. The van der Waals surface area contributed by atoms with Gasteiger partial charge in [-0.3, -0.25) is 28.9 Å². The zero-order valence-electron chi connectivity index (χ0n) is 16.3. The summed E-state index contributed by atoms with van der Waals surface area (Å²) in [4.78, 5) is 64.7. The molecule has 0 spiro atoms. The average Bonchev–Trinajstić information content (AvgIpc) is 3.08. The number of amides is 2. The Labute approximate surface area is 162 Å². The highest BCUT2D eigenvalue weighted by molar-refractivity contribution is 6.07. The Kier molecular flexibility index (Phi) is 5.49. The lowest BCUT2D eigenvalue weighted by Gasteiger charge is -2.19. The quantitative estimate of drug-likeness (QED) is 0.451. The number of aromatic nitrogens is 1. The van der Waals surface area contributed by atoms with E-state index in [0.29, 0.717) is 29.7 Å². The summed E-state index contributed by atoms with van der Waals surface area (Å²) < 4.78 is 5.00. The number of carbonyl (C=O) groups excluding carboxylic acids is 5. The number of hydrogen-bond acceptors (Lipinski definition) is 6. The number of fused-ring (bicyclic) bond motifs is 1. The first-order valence-electron chi connectivity index (χ1n) is 9.46. The minimum Gasteiger partial charge on any atom is -0.456 e. The van der Waals surface area contributed by atoms with Gasteiger partial charge < -0.3 is 9.72 Å². The lowest BCUT2D eigenvalue weighted by molar-refractivity contribution is -0.152. The van der Waals surface area contributed by atoms with Crippen LogP contribution in [-0.2, 0) is 19.1 Å². The molecular formula is C20H24N2O6. The molecule has 0 aromatic carbocycles. The fourth-order valence-corrected chi connectivity index (χ4v) is 4.34. The van der Waals surface area contributed by atoms with E-state index in [1.54, 1.807) is 13.8 Å². The first kappa shape index (κ1) is 20.0. The Morgan fingerprint density at radius 3 is 2.14 bits per heavy atom. The molecule has 0 unspecified atom stereocenters. The molecule has 8 nitrogen and oxygen atoms in total. The smallest absolute Gasteiger partial charge is 0.326 e. The minimum absolute atomic E-state index is 0.158. The molecule has 0 radical (unpaired) electrons. The molecule has 1 aromatic heterocycles. The van der Waals surface area contributed by atoms with Gasteiger partial charge in [-0.25, -0.2) is 0 Å². The largest absolute Gasteiger partial charge is 0.456 e. The van der Waals surface area contributed by atoms with Gasteiger partial charge in [0.15, 0.2) is 12.4 Å². The third kappa shape index (κ3) is 3.50. The number of carbonyl (C=O) groups is 5. The first-order chi connectivity index (χ1) is 13.2. The fourth-order valence-electron chi connectivity index (χ4n) is 4.34. The molecule has 1 aliphatic heterocycles. The molecule has 3 rings (SSSR count). The number of rotatable bonds is 6. The Bertz CT molecular complexity index is 844. The van der Waals surface area contributed by atoms with E-state index >= 15 is 0 Å². The number of hydrogen-bond donors (Lipinski definition) is 1. The van der Waals surface area contributed by atoms with E-state index in [-0.39, 0.29) is 35.1 Å². The summed E-state index contributed by atoms with van der Waals surface area (Å²) in [5.41, 5.74) is 1.76. The summed E-state index contributed by atoms with van der Waals surface area (Å²) in [5, 5.41) is 0. The van der Waals surface area contributed by atoms with Gasteiger partial charge in [0, 0.05) is 11.3 Å². The summed E-state index contributed by atoms with van der Waals surface area (Å²) in [7, 11) is 0. The number of H-pyrrole nitrogens is 1. The molecule has 1 aromatic rings. The van der Waals surface area contributed by atoms with E-state index < -0.39 is 24.9 Å². The van der Waals surface area contributed by atoms with Crippen LogP contribution in [0.4, 0.5) is 0 Å².